The first-order valence-corrected chi connectivity index (χ1v) is 11.5. The number of rotatable bonds is 6. The van der Waals surface area contributed by atoms with E-state index in [1.807, 2.05) is 0 Å². The van der Waals surface area contributed by atoms with E-state index in [9.17, 15) is 8.78 Å². The Morgan fingerprint density at radius 3 is 2.48 bits per heavy atom. The van der Waals surface area contributed by atoms with Crippen LogP contribution in [0.25, 0.3) is 11.3 Å². The molecule has 5 rings (SSSR count). The molecule has 1 aliphatic heterocycles. The highest BCUT2D eigenvalue weighted by atomic mass is 19.3. The fraction of sp³-hybridized carbons (Fsp3) is 0.625. The highest BCUT2D eigenvalue weighted by molar-refractivity contribution is 5.61. The molecule has 31 heavy (non-hydrogen) atoms. The average Bonchev–Trinajstić information content (AvgIpc) is 3.07. The lowest BCUT2D eigenvalue weighted by molar-refractivity contribution is -0.0498. The first-order chi connectivity index (χ1) is 15.0. The van der Waals surface area contributed by atoms with Crippen LogP contribution >= 0.6 is 0 Å². The van der Waals surface area contributed by atoms with Gasteiger partial charge in [0.15, 0.2) is 0 Å². The molecule has 7 heteroatoms. The molecule has 3 aliphatic rings. The fourth-order valence-corrected chi connectivity index (χ4v) is 5.70. The molecule has 0 spiro atoms. The molecule has 2 saturated carbocycles. The van der Waals surface area contributed by atoms with Crippen molar-refractivity contribution >= 4 is 0 Å². The minimum Gasteiger partial charge on any atom is -0.435 e. The first kappa shape index (κ1) is 20.9. The number of hydrogen-bond donors (Lipinski definition) is 0. The molecule has 1 aromatic carbocycles. The molecule has 4 atom stereocenters. The summed E-state index contributed by atoms with van der Waals surface area (Å²) in [5.41, 5.74) is 3.15. The van der Waals surface area contributed by atoms with Crippen LogP contribution in [0, 0.1) is 11.8 Å². The zero-order valence-electron chi connectivity index (χ0n) is 18.2. The zero-order valence-corrected chi connectivity index (χ0v) is 18.2. The average molecular weight is 432 g/mol. The largest absolute Gasteiger partial charge is 0.435 e. The number of aromatic nitrogens is 2. The van der Waals surface area contributed by atoms with Crippen LogP contribution in [0.5, 0.6) is 5.75 Å². The van der Waals surface area contributed by atoms with E-state index >= 15 is 0 Å². The summed E-state index contributed by atoms with van der Waals surface area (Å²) in [6, 6.07) is 9.96. The van der Waals surface area contributed by atoms with Crippen LogP contribution in [0.15, 0.2) is 30.3 Å². The molecular weight excluding hydrogens is 400 g/mol. The smallest absolute Gasteiger partial charge is 0.387 e. The second-order valence-corrected chi connectivity index (χ2v) is 9.38. The van der Waals surface area contributed by atoms with Gasteiger partial charge in [0.25, 0.3) is 0 Å². The first-order valence-electron chi connectivity index (χ1n) is 11.5. The van der Waals surface area contributed by atoms with Gasteiger partial charge in [-0.05, 0) is 75.3 Å². The van der Waals surface area contributed by atoms with Crippen molar-refractivity contribution in [1.82, 2.24) is 14.7 Å². The van der Waals surface area contributed by atoms with Crippen LogP contribution in [-0.2, 0) is 4.74 Å². The van der Waals surface area contributed by atoms with Gasteiger partial charge < -0.3 is 9.47 Å². The highest BCUT2D eigenvalue weighted by Gasteiger charge is 2.58. The van der Waals surface area contributed by atoms with Gasteiger partial charge in [-0.2, -0.15) is 13.9 Å². The molecule has 2 unspecified atom stereocenters. The topological polar surface area (TPSA) is 39.5 Å². The summed E-state index contributed by atoms with van der Waals surface area (Å²) in [6.45, 7) is 5.50. The number of ether oxygens (including phenoxy) is 2. The zero-order chi connectivity index (χ0) is 21.5. The van der Waals surface area contributed by atoms with E-state index in [4.69, 9.17) is 9.84 Å². The van der Waals surface area contributed by atoms with Crippen molar-refractivity contribution in [3.63, 3.8) is 0 Å². The lowest BCUT2D eigenvalue weighted by Gasteiger charge is -2.28. The third kappa shape index (κ3) is 4.22. The van der Waals surface area contributed by atoms with Crippen molar-refractivity contribution < 1.29 is 18.3 Å². The second kappa shape index (κ2) is 8.51. The summed E-state index contributed by atoms with van der Waals surface area (Å²) in [4.78, 5) is 2.64. The predicted octanol–water partition coefficient (Wildman–Crippen LogP) is 4.95. The van der Waals surface area contributed by atoms with Gasteiger partial charge in [-0.1, -0.05) is 0 Å². The van der Waals surface area contributed by atoms with Crippen LogP contribution in [-0.4, -0.2) is 53.6 Å². The number of fused-ring (bicyclic) bond motifs is 1. The maximum atomic E-state index is 12.4. The quantitative estimate of drug-likeness (QED) is 0.649. The number of alkyl halides is 2. The summed E-state index contributed by atoms with van der Waals surface area (Å²) in [6.07, 6.45) is 3.68. The Balaban J connectivity index is 1.30. The summed E-state index contributed by atoms with van der Waals surface area (Å²) < 4.78 is 37.1. The van der Waals surface area contributed by atoms with E-state index in [2.05, 4.69) is 34.2 Å². The number of nitrogens with zero attached hydrogens (tertiary/aromatic N) is 3. The Bertz CT molecular complexity index is 879. The Kier molecular flexibility index (Phi) is 5.73. The van der Waals surface area contributed by atoms with Gasteiger partial charge in [-0.3, -0.25) is 9.58 Å². The van der Waals surface area contributed by atoms with Gasteiger partial charge in [0, 0.05) is 49.0 Å². The van der Waals surface area contributed by atoms with Crippen molar-refractivity contribution in [2.24, 2.45) is 11.8 Å². The molecule has 0 bridgehead atoms. The lowest BCUT2D eigenvalue weighted by Crippen LogP contribution is -2.36. The van der Waals surface area contributed by atoms with Gasteiger partial charge in [-0.15, -0.1) is 0 Å². The van der Waals surface area contributed by atoms with Gasteiger partial charge in [-0.25, -0.2) is 0 Å². The van der Waals surface area contributed by atoms with E-state index in [-0.39, 0.29) is 11.8 Å². The number of halogens is 2. The van der Waals surface area contributed by atoms with Crippen LogP contribution in [0.2, 0.25) is 0 Å². The molecule has 5 nitrogen and oxygen atoms in total. The summed E-state index contributed by atoms with van der Waals surface area (Å²) in [7, 11) is 0. The summed E-state index contributed by atoms with van der Waals surface area (Å²) in [5, 5.41) is 4.88. The van der Waals surface area contributed by atoms with E-state index in [0.717, 1.165) is 55.8 Å². The van der Waals surface area contributed by atoms with Gasteiger partial charge in [0.2, 0.25) is 0 Å². The minimum absolute atomic E-state index is 0.170. The van der Waals surface area contributed by atoms with Crippen molar-refractivity contribution in [2.45, 2.75) is 57.7 Å². The lowest BCUT2D eigenvalue weighted by atomic mass is 10.0. The molecule has 168 valence electrons. The maximum absolute atomic E-state index is 12.4. The van der Waals surface area contributed by atoms with E-state index in [1.165, 1.54) is 18.5 Å². The predicted molar refractivity (Wildman–Crippen MR) is 114 cm³/mol. The Morgan fingerprint density at radius 2 is 1.81 bits per heavy atom. The van der Waals surface area contributed by atoms with Crippen LogP contribution in [0.3, 0.4) is 0 Å². The molecule has 1 saturated heterocycles. The SMILES string of the molecule is CC(C)n1nc(-c2ccc(OC(F)F)cc2)cc1C1[C@H]2CC(N3CCCOCC3)C[C@@H]12. The van der Waals surface area contributed by atoms with Crippen molar-refractivity contribution in [3.8, 4) is 17.0 Å². The third-order valence-corrected chi connectivity index (χ3v) is 7.16. The summed E-state index contributed by atoms with van der Waals surface area (Å²) >= 11 is 0. The van der Waals surface area contributed by atoms with Gasteiger partial charge in [0.1, 0.15) is 5.75 Å². The van der Waals surface area contributed by atoms with Gasteiger partial charge >= 0.3 is 6.61 Å². The van der Waals surface area contributed by atoms with E-state index in [1.54, 1.807) is 24.3 Å². The Hall–Kier alpha value is -1.99. The normalized spacial score (nSPS) is 28.7. The van der Waals surface area contributed by atoms with Crippen molar-refractivity contribution in [3.05, 3.63) is 36.0 Å². The van der Waals surface area contributed by atoms with Crippen LogP contribution in [0.4, 0.5) is 8.78 Å². The summed E-state index contributed by atoms with van der Waals surface area (Å²) in [5.74, 6) is 2.25. The van der Waals surface area contributed by atoms with E-state index < -0.39 is 6.61 Å². The second-order valence-electron chi connectivity index (χ2n) is 9.38. The monoisotopic (exact) mass is 431 g/mol. The molecular formula is C24H31F2N3O2. The molecule has 0 radical (unpaired) electrons. The van der Waals surface area contributed by atoms with E-state index in [0.29, 0.717) is 12.0 Å². The molecule has 1 aromatic heterocycles. The fourth-order valence-electron chi connectivity index (χ4n) is 5.70. The van der Waals surface area contributed by atoms with Crippen LogP contribution < -0.4 is 4.74 Å². The van der Waals surface area contributed by atoms with Crippen LogP contribution in [0.1, 0.15) is 50.8 Å². The maximum Gasteiger partial charge on any atom is 0.387 e. The minimum atomic E-state index is -2.81. The molecule has 0 N–H and O–H groups in total. The molecule has 3 fully saturated rings. The number of hydrogen-bond acceptors (Lipinski definition) is 4. The Labute approximate surface area is 182 Å². The van der Waals surface area contributed by atoms with Crippen molar-refractivity contribution in [1.29, 1.82) is 0 Å². The van der Waals surface area contributed by atoms with Gasteiger partial charge in [0.05, 0.1) is 12.3 Å². The molecule has 2 aromatic rings. The van der Waals surface area contributed by atoms with Crippen molar-refractivity contribution in [2.75, 3.05) is 26.3 Å². The molecule has 2 heterocycles. The highest BCUT2D eigenvalue weighted by Crippen LogP contribution is 2.64. The molecule has 2 aliphatic carbocycles. The standard InChI is InChI=1S/C24H31F2N3O2/c1-15(2)29-22(14-21(27-29)16-4-6-18(7-5-16)31-24(25)26)23-19-12-17(13-20(19)23)28-8-3-10-30-11-9-28/h4-7,14-15,17,19-20,23-24H,3,8-13H2,1-2H3/t17?,19-,20+,23?. The number of benzene rings is 1. The third-order valence-electron chi connectivity index (χ3n) is 7.16. The Morgan fingerprint density at radius 1 is 1.06 bits per heavy atom. The molecule has 0 amide bonds.